The van der Waals surface area contributed by atoms with Gasteiger partial charge in [-0.3, -0.25) is 0 Å². The van der Waals surface area contributed by atoms with Gasteiger partial charge >= 0.3 is 10.1 Å². The van der Waals surface area contributed by atoms with Crippen LogP contribution in [0.5, 0.6) is 0 Å². The Labute approximate surface area is 65.3 Å². The van der Waals surface area contributed by atoms with Crippen molar-refractivity contribution in [2.45, 2.75) is 12.2 Å². The molecule has 0 aliphatic heterocycles. The van der Waals surface area contributed by atoms with Crippen molar-refractivity contribution in [1.82, 2.24) is 0 Å². The van der Waals surface area contributed by atoms with Crippen LogP contribution in [-0.4, -0.2) is 44.5 Å². The van der Waals surface area contributed by atoms with E-state index in [1.54, 1.807) is 0 Å². The fourth-order valence-electron chi connectivity index (χ4n) is 0.258. The minimum Gasteiger partial charge on any atom is -0.547 e. The van der Waals surface area contributed by atoms with Crippen molar-refractivity contribution < 1.29 is 30.0 Å². The van der Waals surface area contributed by atoms with E-state index in [1.807, 2.05) is 0 Å². The average molecular weight is 157 g/mol. The van der Waals surface area contributed by atoms with Crippen molar-refractivity contribution in [3.05, 3.63) is 0 Å². The number of hydrogen-bond acceptors (Lipinski definition) is 6. The Morgan fingerprint density at radius 2 is 1.18 bits per heavy atom. The summed E-state index contributed by atoms with van der Waals surface area (Å²) in [7, 11) is 0. The van der Waals surface area contributed by atoms with E-state index in [9.17, 15) is 19.8 Å². The van der Waals surface area contributed by atoms with E-state index in [-0.39, 0.29) is 10.1 Å². The number of aliphatic hydroxyl groups excluding tert-OH is 2. The first kappa shape index (κ1) is 12.7. The molecule has 11 heavy (non-hydrogen) atoms. The first-order chi connectivity index (χ1) is 4.46. The van der Waals surface area contributed by atoms with Gasteiger partial charge in [-0.05, 0) is 0 Å². The van der Waals surface area contributed by atoms with Gasteiger partial charge in [-0.2, -0.15) is 0 Å². The van der Waals surface area contributed by atoms with Crippen LogP contribution in [-0.2, 0) is 9.59 Å². The molecule has 58 valence electrons. The molecule has 0 rings (SSSR count). The summed E-state index contributed by atoms with van der Waals surface area (Å²) >= 11 is 0. The standard InChI is InChI=1S/C4H6O6.Be/c5-1(3(7)8)2(6)4(9)10;/h1-2,5-6H,(H,7,8)(H,9,10);/q;+2/p-2. The van der Waals surface area contributed by atoms with Crippen LogP contribution in [0.25, 0.3) is 0 Å². The van der Waals surface area contributed by atoms with E-state index in [2.05, 4.69) is 0 Å². The zero-order chi connectivity index (χ0) is 8.31. The first-order valence-electron chi connectivity index (χ1n) is 2.24. The Morgan fingerprint density at radius 1 is 1.00 bits per heavy atom. The van der Waals surface area contributed by atoms with Crippen LogP contribution in [0.1, 0.15) is 0 Å². The number of hydrogen-bond donors (Lipinski definition) is 2. The second-order valence-electron chi connectivity index (χ2n) is 1.53. The van der Waals surface area contributed by atoms with Crippen LogP contribution in [0.3, 0.4) is 0 Å². The normalized spacial score (nSPS) is 14.4. The van der Waals surface area contributed by atoms with E-state index in [0.29, 0.717) is 0 Å². The quantitative estimate of drug-likeness (QED) is 0.395. The van der Waals surface area contributed by atoms with Gasteiger partial charge in [-0.15, -0.1) is 0 Å². The summed E-state index contributed by atoms with van der Waals surface area (Å²) in [6.07, 6.45) is -4.88. The molecule has 2 atom stereocenters. The van der Waals surface area contributed by atoms with Gasteiger partial charge in [0.1, 0.15) is 12.2 Å². The summed E-state index contributed by atoms with van der Waals surface area (Å²) in [5.74, 6) is -4.12. The van der Waals surface area contributed by atoms with Gasteiger partial charge in [0.15, 0.2) is 0 Å². The van der Waals surface area contributed by atoms with Crippen molar-refractivity contribution in [3.8, 4) is 0 Å². The molecule has 2 N–H and O–H groups in total. The van der Waals surface area contributed by atoms with Gasteiger partial charge in [0, 0.05) is 0 Å². The number of carbonyl (C=O) groups excluding carboxylic acids is 2. The topological polar surface area (TPSA) is 121 Å². The maximum absolute atomic E-state index is 9.63. The van der Waals surface area contributed by atoms with Crippen LogP contribution in [0, 0.1) is 0 Å². The van der Waals surface area contributed by atoms with Crippen molar-refractivity contribution in [2.24, 2.45) is 0 Å². The number of carboxylic acid groups (broad SMARTS) is 2. The van der Waals surface area contributed by atoms with Gasteiger partial charge in [0.2, 0.25) is 0 Å². The van der Waals surface area contributed by atoms with Crippen molar-refractivity contribution in [3.63, 3.8) is 0 Å². The van der Waals surface area contributed by atoms with Crippen LogP contribution >= 0.6 is 0 Å². The molecule has 7 heteroatoms. The molecule has 0 aliphatic rings. The van der Waals surface area contributed by atoms with Crippen LogP contribution in [0.4, 0.5) is 0 Å². The zero-order valence-corrected chi connectivity index (χ0v) is 5.39. The van der Waals surface area contributed by atoms with Crippen molar-refractivity contribution in [1.29, 1.82) is 0 Å². The van der Waals surface area contributed by atoms with Gasteiger partial charge in [0.05, 0.1) is 11.9 Å². The third-order valence-corrected chi connectivity index (χ3v) is 0.782. The van der Waals surface area contributed by atoms with Crippen molar-refractivity contribution in [2.75, 3.05) is 0 Å². The summed E-state index contributed by atoms with van der Waals surface area (Å²) < 4.78 is 0. The molecule has 0 saturated heterocycles. The molecule has 0 fully saturated rings. The zero-order valence-electron chi connectivity index (χ0n) is 5.39. The summed E-state index contributed by atoms with van der Waals surface area (Å²) in [6.45, 7) is 0. The molecule has 0 radical (unpaired) electrons. The smallest absolute Gasteiger partial charge is 0.547 e. The molecule has 6 nitrogen and oxygen atoms in total. The molecule has 0 aliphatic carbocycles. The average Bonchev–Trinajstić information content (AvgIpc) is 1.84. The monoisotopic (exact) mass is 157 g/mol. The SMILES string of the molecule is O=C([O-])C(O)C(O)C(=O)[O-].[Be+2]. The Hall–Kier alpha value is -0.971. The summed E-state index contributed by atoms with van der Waals surface area (Å²) in [6, 6.07) is 0. The fraction of sp³-hybridized carbons (Fsp3) is 0.500. The molecule has 0 bridgehead atoms. The maximum atomic E-state index is 9.63. The van der Waals surface area contributed by atoms with Crippen LogP contribution in [0.2, 0.25) is 0 Å². The summed E-state index contributed by atoms with van der Waals surface area (Å²) in [4.78, 5) is 19.3. The number of rotatable bonds is 3. The Kier molecular flexibility index (Phi) is 5.52. The fourth-order valence-corrected chi connectivity index (χ4v) is 0.258. The van der Waals surface area contributed by atoms with E-state index in [1.165, 1.54) is 0 Å². The molecule has 0 aromatic heterocycles. The largest absolute Gasteiger partial charge is 2.00 e. The van der Waals surface area contributed by atoms with E-state index in [0.717, 1.165) is 0 Å². The molecule has 0 saturated carbocycles. The summed E-state index contributed by atoms with van der Waals surface area (Å²) in [5, 5.41) is 35.7. The van der Waals surface area contributed by atoms with Crippen LogP contribution in [0.15, 0.2) is 0 Å². The van der Waals surface area contributed by atoms with E-state index in [4.69, 9.17) is 10.2 Å². The molecular weight excluding hydrogens is 153 g/mol. The third kappa shape index (κ3) is 3.67. The molecule has 2 unspecified atom stereocenters. The second-order valence-corrected chi connectivity index (χ2v) is 1.53. The maximum Gasteiger partial charge on any atom is 2.00 e. The van der Waals surface area contributed by atoms with Gasteiger partial charge < -0.3 is 30.0 Å². The molecule has 0 aromatic rings. The van der Waals surface area contributed by atoms with Gasteiger partial charge in [-0.1, -0.05) is 0 Å². The minimum atomic E-state index is -2.44. The van der Waals surface area contributed by atoms with E-state index >= 15 is 0 Å². The number of carboxylic acids is 2. The Bertz CT molecular complexity index is 139. The van der Waals surface area contributed by atoms with Gasteiger partial charge in [0.25, 0.3) is 0 Å². The predicted octanol–water partition coefficient (Wildman–Crippen LogP) is -5.17. The minimum absolute atomic E-state index is 0. The summed E-state index contributed by atoms with van der Waals surface area (Å²) in [5.41, 5.74) is 0. The third-order valence-electron chi connectivity index (χ3n) is 0.782. The van der Waals surface area contributed by atoms with Crippen molar-refractivity contribution >= 4 is 22.1 Å². The molecule has 0 spiro atoms. The number of aliphatic hydroxyl groups is 2. The molecule has 0 aromatic carbocycles. The first-order valence-corrected chi connectivity index (χ1v) is 2.24. The van der Waals surface area contributed by atoms with E-state index < -0.39 is 24.1 Å². The molecular formula is C4H4BeO6. The molecule has 0 amide bonds. The number of aliphatic carboxylic acids is 2. The predicted molar refractivity (Wildman–Crippen MR) is 27.8 cm³/mol. The Morgan fingerprint density at radius 3 is 1.27 bits per heavy atom. The number of carbonyl (C=O) groups is 2. The van der Waals surface area contributed by atoms with Crippen LogP contribution < -0.4 is 10.2 Å². The second kappa shape index (κ2) is 4.78. The Balaban J connectivity index is 0. The van der Waals surface area contributed by atoms with Gasteiger partial charge in [-0.25, -0.2) is 0 Å². The molecule has 0 heterocycles.